The number of rotatable bonds is 1. The molecule has 0 aromatic rings. The fourth-order valence-corrected chi connectivity index (χ4v) is 2.09. The largest absolute Gasteiger partial charge is 0.277 e. The highest BCUT2D eigenvalue weighted by molar-refractivity contribution is 5.99. The summed E-state index contributed by atoms with van der Waals surface area (Å²) in [5.41, 5.74) is -0.515. The average Bonchev–Trinajstić information content (AvgIpc) is 1.99. The van der Waals surface area contributed by atoms with E-state index in [1.54, 1.807) is 0 Å². The van der Waals surface area contributed by atoms with E-state index in [0.717, 1.165) is 6.42 Å². The van der Waals surface area contributed by atoms with Gasteiger partial charge in [0.1, 0.15) is 0 Å². The molecule has 1 heterocycles. The van der Waals surface area contributed by atoms with Crippen LogP contribution in [0.1, 0.15) is 53.9 Å². The van der Waals surface area contributed by atoms with Crippen LogP contribution in [0.4, 0.5) is 0 Å². The Morgan fingerprint density at radius 1 is 1.20 bits per heavy atom. The van der Waals surface area contributed by atoms with Crippen LogP contribution in [0.15, 0.2) is 0 Å². The lowest BCUT2D eigenvalue weighted by molar-refractivity contribution is -0.159. The maximum Gasteiger partial charge on any atom is 0.230 e. The third-order valence-corrected chi connectivity index (χ3v) is 3.18. The van der Waals surface area contributed by atoms with Crippen LogP contribution in [-0.4, -0.2) is 22.3 Å². The molecule has 1 aliphatic rings. The molecule has 0 aromatic heterocycles. The summed E-state index contributed by atoms with van der Waals surface area (Å²) in [6.45, 7) is 9.75. The second-order valence-corrected chi connectivity index (χ2v) is 5.81. The number of hydrogen-bond donors (Lipinski definition) is 0. The summed E-state index contributed by atoms with van der Waals surface area (Å²) < 4.78 is 0. The van der Waals surface area contributed by atoms with Gasteiger partial charge in [0.15, 0.2) is 0 Å². The van der Waals surface area contributed by atoms with E-state index in [1.807, 2.05) is 34.6 Å². The van der Waals surface area contributed by atoms with E-state index >= 15 is 0 Å². The first kappa shape index (κ1) is 12.2. The number of carbonyl (C=O) groups is 2. The number of carbonyl (C=O) groups excluding carboxylic acids is 2. The average molecular weight is 211 g/mol. The van der Waals surface area contributed by atoms with E-state index in [1.165, 1.54) is 4.90 Å². The first-order chi connectivity index (χ1) is 6.69. The molecule has 0 bridgehead atoms. The van der Waals surface area contributed by atoms with Gasteiger partial charge in [0.05, 0.1) is 0 Å². The van der Waals surface area contributed by atoms with Crippen LogP contribution in [0.3, 0.4) is 0 Å². The van der Waals surface area contributed by atoms with Crippen molar-refractivity contribution in [2.24, 2.45) is 5.41 Å². The van der Waals surface area contributed by atoms with Gasteiger partial charge >= 0.3 is 0 Å². The van der Waals surface area contributed by atoms with Crippen LogP contribution in [-0.2, 0) is 9.59 Å². The lowest BCUT2D eigenvalue weighted by Crippen LogP contribution is -2.55. The normalized spacial score (nSPS) is 22.1. The van der Waals surface area contributed by atoms with Gasteiger partial charge in [-0.25, -0.2) is 0 Å². The molecule has 3 heteroatoms. The highest BCUT2D eigenvalue weighted by Gasteiger charge is 2.43. The van der Waals surface area contributed by atoms with Gasteiger partial charge in [-0.2, -0.15) is 0 Å². The molecule has 3 nitrogen and oxygen atoms in total. The molecule has 1 fully saturated rings. The van der Waals surface area contributed by atoms with Crippen LogP contribution < -0.4 is 0 Å². The minimum absolute atomic E-state index is 0.0249. The maximum atomic E-state index is 11.9. The summed E-state index contributed by atoms with van der Waals surface area (Å²) in [6.07, 6.45) is 1.86. The zero-order valence-corrected chi connectivity index (χ0v) is 10.4. The number of nitrogens with zero attached hydrogens (tertiary/aromatic N) is 1. The summed E-state index contributed by atoms with van der Waals surface area (Å²) >= 11 is 0. The van der Waals surface area contributed by atoms with Gasteiger partial charge in [0, 0.05) is 18.4 Å². The third-order valence-electron chi connectivity index (χ3n) is 3.18. The van der Waals surface area contributed by atoms with Crippen molar-refractivity contribution in [2.75, 3.05) is 0 Å². The Bertz CT molecular complexity index is 270. The lowest BCUT2D eigenvalue weighted by atomic mass is 9.76. The van der Waals surface area contributed by atoms with Gasteiger partial charge in [-0.1, -0.05) is 13.8 Å². The molecule has 0 aromatic carbocycles. The van der Waals surface area contributed by atoms with Crippen LogP contribution in [0.5, 0.6) is 0 Å². The minimum Gasteiger partial charge on any atom is -0.277 e. The first-order valence-corrected chi connectivity index (χ1v) is 5.55. The second kappa shape index (κ2) is 3.62. The van der Waals surface area contributed by atoms with Gasteiger partial charge < -0.3 is 0 Å². The van der Waals surface area contributed by atoms with Gasteiger partial charge in [0.2, 0.25) is 11.8 Å². The predicted molar refractivity (Wildman–Crippen MR) is 59.2 cm³/mol. The van der Waals surface area contributed by atoms with Crippen LogP contribution in [0.2, 0.25) is 0 Å². The van der Waals surface area contributed by atoms with E-state index in [2.05, 4.69) is 0 Å². The SMILES string of the molecule is CCC1(C)CC(=O)N(C(C)(C)C)C(=O)C1. The van der Waals surface area contributed by atoms with Crippen molar-refractivity contribution in [3.63, 3.8) is 0 Å². The van der Waals surface area contributed by atoms with Crippen molar-refractivity contribution < 1.29 is 9.59 Å². The monoisotopic (exact) mass is 211 g/mol. The highest BCUT2D eigenvalue weighted by atomic mass is 16.2. The molecule has 0 aliphatic carbocycles. The summed E-state index contributed by atoms with van der Waals surface area (Å²) in [5, 5.41) is 0. The molecule has 0 spiro atoms. The number of hydrogen-bond acceptors (Lipinski definition) is 2. The van der Waals surface area contributed by atoms with Gasteiger partial charge in [0.25, 0.3) is 0 Å². The van der Waals surface area contributed by atoms with E-state index in [0.29, 0.717) is 12.8 Å². The fourth-order valence-electron chi connectivity index (χ4n) is 2.09. The molecular weight excluding hydrogens is 190 g/mol. The number of piperidine rings is 1. The quantitative estimate of drug-likeness (QED) is 0.624. The second-order valence-electron chi connectivity index (χ2n) is 5.81. The summed E-state index contributed by atoms with van der Waals surface area (Å²) in [5.74, 6) is -0.0498. The smallest absolute Gasteiger partial charge is 0.230 e. The van der Waals surface area contributed by atoms with Crippen molar-refractivity contribution in [3.05, 3.63) is 0 Å². The number of amides is 2. The number of likely N-dealkylation sites (tertiary alicyclic amines) is 1. The highest BCUT2D eigenvalue weighted by Crippen LogP contribution is 2.37. The van der Waals surface area contributed by atoms with E-state index in [4.69, 9.17) is 0 Å². The summed E-state index contributed by atoms with van der Waals surface area (Å²) in [7, 11) is 0. The Balaban J connectivity index is 2.93. The molecule has 2 amide bonds. The van der Waals surface area contributed by atoms with Crippen molar-refractivity contribution in [1.29, 1.82) is 0 Å². The molecule has 15 heavy (non-hydrogen) atoms. The van der Waals surface area contributed by atoms with E-state index in [9.17, 15) is 9.59 Å². The molecule has 0 atom stereocenters. The topological polar surface area (TPSA) is 37.4 Å². The maximum absolute atomic E-state index is 11.9. The van der Waals surface area contributed by atoms with Gasteiger partial charge in [-0.3, -0.25) is 14.5 Å². The lowest BCUT2D eigenvalue weighted by Gasteiger charge is -2.42. The van der Waals surface area contributed by atoms with Gasteiger partial charge in [-0.15, -0.1) is 0 Å². The molecule has 0 N–H and O–H groups in total. The Morgan fingerprint density at radius 2 is 1.60 bits per heavy atom. The fraction of sp³-hybridized carbons (Fsp3) is 0.833. The van der Waals surface area contributed by atoms with E-state index < -0.39 is 0 Å². The van der Waals surface area contributed by atoms with Gasteiger partial charge in [-0.05, 0) is 32.6 Å². The Morgan fingerprint density at radius 3 is 1.87 bits per heavy atom. The standard InChI is InChI=1S/C12H21NO2/c1-6-12(5)7-9(14)13(10(15)8-12)11(2,3)4/h6-8H2,1-5H3. The predicted octanol–water partition coefficient (Wildman–Crippen LogP) is 2.35. The van der Waals surface area contributed by atoms with Crippen LogP contribution >= 0.6 is 0 Å². The number of imide groups is 1. The van der Waals surface area contributed by atoms with Crippen LogP contribution in [0, 0.1) is 5.41 Å². The Labute approximate surface area is 91.8 Å². The Kier molecular flexibility index (Phi) is 2.94. The third kappa shape index (κ3) is 2.39. The molecule has 1 rings (SSSR count). The van der Waals surface area contributed by atoms with Crippen molar-refractivity contribution in [3.8, 4) is 0 Å². The molecule has 1 aliphatic heterocycles. The molecule has 0 unspecified atom stereocenters. The van der Waals surface area contributed by atoms with Crippen molar-refractivity contribution >= 4 is 11.8 Å². The molecule has 86 valence electrons. The zero-order valence-electron chi connectivity index (χ0n) is 10.4. The van der Waals surface area contributed by atoms with E-state index in [-0.39, 0.29) is 22.8 Å². The molecule has 0 radical (unpaired) electrons. The van der Waals surface area contributed by atoms with Crippen molar-refractivity contribution in [1.82, 2.24) is 4.90 Å². The summed E-state index contributed by atoms with van der Waals surface area (Å²) in [4.78, 5) is 25.3. The zero-order chi connectivity index (χ0) is 11.9. The summed E-state index contributed by atoms with van der Waals surface area (Å²) in [6, 6.07) is 0. The van der Waals surface area contributed by atoms with Crippen molar-refractivity contribution in [2.45, 2.75) is 59.4 Å². The minimum atomic E-state index is -0.386. The molecule has 1 saturated heterocycles. The first-order valence-electron chi connectivity index (χ1n) is 5.55. The molecule has 0 saturated carbocycles. The molecular formula is C12H21NO2. The van der Waals surface area contributed by atoms with Crippen LogP contribution in [0.25, 0.3) is 0 Å². The Hall–Kier alpha value is -0.860.